The van der Waals surface area contributed by atoms with E-state index in [0.717, 1.165) is 5.57 Å². The Kier molecular flexibility index (Phi) is 7.59. The third-order valence-electron chi connectivity index (χ3n) is 1.90. The van der Waals surface area contributed by atoms with Crippen LogP contribution in [0.4, 0.5) is 4.79 Å². The van der Waals surface area contributed by atoms with E-state index in [0.29, 0.717) is 5.76 Å². The summed E-state index contributed by atoms with van der Waals surface area (Å²) in [7, 11) is 0. The first-order valence-corrected chi connectivity index (χ1v) is 5.58. The van der Waals surface area contributed by atoms with Crippen molar-refractivity contribution in [1.82, 2.24) is 0 Å². The number of hydrogen-bond donors (Lipinski definition) is 0. The molecule has 0 bridgehead atoms. The summed E-state index contributed by atoms with van der Waals surface area (Å²) < 4.78 is 14.7. The predicted molar refractivity (Wildman–Crippen MR) is 66.6 cm³/mol. The third-order valence-corrected chi connectivity index (χ3v) is 1.90. The number of allylic oxidation sites excluding steroid dienone is 3. The van der Waals surface area contributed by atoms with E-state index < -0.39 is 6.16 Å². The molecule has 1 fully saturated rings. The molecule has 1 heterocycles. The lowest BCUT2D eigenvalue weighted by Crippen LogP contribution is -2.17. The van der Waals surface area contributed by atoms with Gasteiger partial charge >= 0.3 is 6.16 Å². The van der Waals surface area contributed by atoms with Crippen LogP contribution in [0.25, 0.3) is 0 Å². The Morgan fingerprint density at radius 2 is 2.24 bits per heavy atom. The fourth-order valence-corrected chi connectivity index (χ4v) is 1.02. The van der Waals surface area contributed by atoms with E-state index in [1.54, 1.807) is 12.2 Å². The lowest BCUT2D eigenvalue weighted by atomic mass is 10.2. The van der Waals surface area contributed by atoms with Crippen LogP contribution in [-0.4, -0.2) is 25.5 Å². The van der Waals surface area contributed by atoms with Crippen LogP contribution in [0.1, 0.15) is 20.8 Å². The molecule has 0 aromatic rings. The minimum atomic E-state index is -0.646. The van der Waals surface area contributed by atoms with E-state index in [2.05, 4.69) is 17.9 Å². The van der Waals surface area contributed by atoms with E-state index in [1.165, 1.54) is 0 Å². The van der Waals surface area contributed by atoms with Gasteiger partial charge in [0.1, 0.15) is 19.0 Å². The van der Waals surface area contributed by atoms with Gasteiger partial charge in [-0.15, -0.1) is 0 Å². The quantitative estimate of drug-likeness (QED) is 0.420. The van der Waals surface area contributed by atoms with Gasteiger partial charge in [-0.25, -0.2) is 4.79 Å². The van der Waals surface area contributed by atoms with Gasteiger partial charge in [-0.3, -0.25) is 0 Å². The molecular weight excluding hydrogens is 220 g/mol. The smallest absolute Gasteiger partial charge is 0.490 e. The van der Waals surface area contributed by atoms with Crippen molar-refractivity contribution in [3.63, 3.8) is 0 Å². The number of ether oxygens (including phenoxy) is 3. The van der Waals surface area contributed by atoms with Crippen LogP contribution in [-0.2, 0) is 14.2 Å². The van der Waals surface area contributed by atoms with Gasteiger partial charge in [-0.1, -0.05) is 39.2 Å². The molecule has 0 N–H and O–H groups in total. The molecule has 96 valence electrons. The zero-order valence-electron chi connectivity index (χ0n) is 10.7. The van der Waals surface area contributed by atoms with Crippen molar-refractivity contribution in [3.8, 4) is 0 Å². The molecule has 0 saturated carbocycles. The lowest BCUT2D eigenvalue weighted by molar-refractivity contribution is 0.0786. The molecule has 1 unspecified atom stereocenters. The number of carbonyl (C=O) groups is 1. The first-order chi connectivity index (χ1) is 8.13. The van der Waals surface area contributed by atoms with Crippen LogP contribution in [0.2, 0.25) is 0 Å². The molecule has 1 atom stereocenters. The molecule has 0 amide bonds. The van der Waals surface area contributed by atoms with Crippen molar-refractivity contribution in [2.45, 2.75) is 26.9 Å². The highest BCUT2D eigenvalue weighted by Gasteiger charge is 2.25. The van der Waals surface area contributed by atoms with Crippen molar-refractivity contribution in [1.29, 1.82) is 0 Å². The van der Waals surface area contributed by atoms with Crippen molar-refractivity contribution in [3.05, 3.63) is 36.6 Å². The average Bonchev–Trinajstić information content (AvgIpc) is 2.75. The van der Waals surface area contributed by atoms with Gasteiger partial charge in [-0.2, -0.15) is 0 Å². The second-order valence-electron chi connectivity index (χ2n) is 3.12. The molecule has 1 rings (SSSR count). The Morgan fingerprint density at radius 1 is 1.59 bits per heavy atom. The fraction of sp³-hybridized carbons (Fsp3) is 0.462. The maximum absolute atomic E-state index is 10.6. The second-order valence-corrected chi connectivity index (χ2v) is 3.12. The highest BCUT2D eigenvalue weighted by molar-refractivity contribution is 5.61. The zero-order chi connectivity index (χ0) is 13.3. The molecule has 1 saturated heterocycles. The summed E-state index contributed by atoms with van der Waals surface area (Å²) in [6.07, 6.45) is 2.46. The van der Waals surface area contributed by atoms with Gasteiger partial charge < -0.3 is 14.2 Å². The van der Waals surface area contributed by atoms with E-state index in [9.17, 15) is 4.79 Å². The van der Waals surface area contributed by atoms with Gasteiger partial charge in [0.15, 0.2) is 6.10 Å². The fourth-order valence-electron chi connectivity index (χ4n) is 1.02. The zero-order valence-corrected chi connectivity index (χ0v) is 10.7. The van der Waals surface area contributed by atoms with E-state index >= 15 is 0 Å². The van der Waals surface area contributed by atoms with Gasteiger partial charge in [0.05, 0.1) is 0 Å². The maximum Gasteiger partial charge on any atom is 0.508 e. The minimum Gasteiger partial charge on any atom is -0.490 e. The molecule has 17 heavy (non-hydrogen) atoms. The molecule has 0 aromatic carbocycles. The number of cyclic esters (lactones) is 2. The Labute approximate surface area is 103 Å². The van der Waals surface area contributed by atoms with Crippen LogP contribution in [0.5, 0.6) is 0 Å². The molecule has 0 radical (unpaired) electrons. The Hall–Kier alpha value is -1.71. The summed E-state index contributed by atoms with van der Waals surface area (Å²) in [5.41, 5.74) is 0.884. The standard InChI is InChI=1S/C11H14O4.C2H6/c1-4-5-8(2)9(3)13-6-10-7-14-11(12)15-10;1-2/h4-5,10H,1,3,6-7H2,2H3;1-2H3/b8-5-;. The lowest BCUT2D eigenvalue weighted by Gasteiger charge is -2.11. The number of carbonyl (C=O) groups excluding carboxylic acids is 1. The highest BCUT2D eigenvalue weighted by Crippen LogP contribution is 2.12. The highest BCUT2D eigenvalue weighted by atomic mass is 16.8. The van der Waals surface area contributed by atoms with Crippen LogP contribution in [0.15, 0.2) is 36.6 Å². The maximum atomic E-state index is 10.6. The van der Waals surface area contributed by atoms with Crippen molar-refractivity contribution < 1.29 is 19.0 Å². The van der Waals surface area contributed by atoms with E-state index in [4.69, 9.17) is 9.47 Å². The van der Waals surface area contributed by atoms with Crippen LogP contribution < -0.4 is 0 Å². The monoisotopic (exact) mass is 240 g/mol. The largest absolute Gasteiger partial charge is 0.508 e. The molecule has 0 aliphatic carbocycles. The van der Waals surface area contributed by atoms with Crippen molar-refractivity contribution >= 4 is 6.16 Å². The summed E-state index contributed by atoms with van der Waals surface area (Å²) in [5.74, 6) is 0.540. The molecule has 1 aliphatic heterocycles. The summed E-state index contributed by atoms with van der Waals surface area (Å²) in [4.78, 5) is 10.6. The summed E-state index contributed by atoms with van der Waals surface area (Å²) in [6.45, 7) is 13.7. The summed E-state index contributed by atoms with van der Waals surface area (Å²) in [5, 5.41) is 0. The van der Waals surface area contributed by atoms with Gasteiger partial charge in [0.2, 0.25) is 0 Å². The van der Waals surface area contributed by atoms with Crippen LogP contribution >= 0.6 is 0 Å². The van der Waals surface area contributed by atoms with E-state index in [-0.39, 0.29) is 19.3 Å². The minimum absolute atomic E-state index is 0.232. The molecular formula is C13H20O4. The third kappa shape index (κ3) is 5.80. The van der Waals surface area contributed by atoms with Gasteiger partial charge in [0, 0.05) is 0 Å². The molecule has 4 heteroatoms. The van der Waals surface area contributed by atoms with E-state index in [1.807, 2.05) is 20.8 Å². The van der Waals surface area contributed by atoms with Gasteiger partial charge in [0.25, 0.3) is 0 Å². The predicted octanol–water partition coefficient (Wildman–Crippen LogP) is 3.21. The Morgan fingerprint density at radius 3 is 2.71 bits per heavy atom. The topological polar surface area (TPSA) is 44.8 Å². The summed E-state index contributed by atoms with van der Waals surface area (Å²) in [6, 6.07) is 0. The van der Waals surface area contributed by atoms with Crippen molar-refractivity contribution in [2.75, 3.05) is 13.2 Å². The number of hydrogen-bond acceptors (Lipinski definition) is 4. The number of rotatable bonds is 5. The van der Waals surface area contributed by atoms with Crippen LogP contribution in [0, 0.1) is 0 Å². The first-order valence-electron chi connectivity index (χ1n) is 5.58. The first kappa shape index (κ1) is 15.3. The molecule has 4 nitrogen and oxygen atoms in total. The van der Waals surface area contributed by atoms with Crippen LogP contribution in [0.3, 0.4) is 0 Å². The SMILES string of the molecule is C=C/C=C(/C)C(=C)OCC1COC(=O)O1.CC. The Bertz CT molecular complexity index is 305. The normalized spacial score (nSPS) is 18.4. The van der Waals surface area contributed by atoms with Gasteiger partial charge in [-0.05, 0) is 12.5 Å². The second kappa shape index (κ2) is 8.44. The summed E-state index contributed by atoms with van der Waals surface area (Å²) >= 11 is 0. The Balaban J connectivity index is 0.00000121. The molecule has 1 aliphatic rings. The molecule has 0 spiro atoms. The van der Waals surface area contributed by atoms with Crippen molar-refractivity contribution in [2.24, 2.45) is 0 Å². The molecule has 0 aromatic heterocycles. The average molecular weight is 240 g/mol.